The molecule has 0 bridgehead atoms. The summed E-state index contributed by atoms with van der Waals surface area (Å²) < 4.78 is 25.8. The van der Waals surface area contributed by atoms with Gasteiger partial charge in [-0.1, -0.05) is 27.2 Å². The highest BCUT2D eigenvalue weighted by Gasteiger charge is 2.29. The van der Waals surface area contributed by atoms with Crippen molar-refractivity contribution in [3.8, 4) is 0 Å². The third kappa shape index (κ3) is 5.92. The third-order valence-electron chi connectivity index (χ3n) is 3.67. The molecule has 1 atom stereocenters. The molecule has 3 N–H and O–H groups in total. The Labute approximate surface area is 128 Å². The lowest BCUT2D eigenvalue weighted by atomic mass is 10.1. The summed E-state index contributed by atoms with van der Waals surface area (Å²) in [6.07, 6.45) is 2.86. The fourth-order valence-corrected chi connectivity index (χ4v) is 4.38. The molecule has 0 spiro atoms. The first-order valence-corrected chi connectivity index (χ1v) is 9.41. The van der Waals surface area contributed by atoms with Crippen LogP contribution in [0.15, 0.2) is 0 Å². The van der Waals surface area contributed by atoms with Gasteiger partial charge in [0.25, 0.3) is 0 Å². The van der Waals surface area contributed by atoms with Crippen molar-refractivity contribution in [2.24, 2.45) is 11.7 Å². The first kappa shape index (κ1) is 18.4. The normalized spacial score (nSPS) is 19.7. The van der Waals surface area contributed by atoms with E-state index in [0.717, 1.165) is 6.42 Å². The molecule has 0 aromatic heterocycles. The van der Waals surface area contributed by atoms with Crippen LogP contribution in [0, 0.1) is 5.92 Å². The molecule has 6 nitrogen and oxygen atoms in total. The Balaban J connectivity index is 2.44. The number of piperidine rings is 1. The Morgan fingerprint density at radius 1 is 1.33 bits per heavy atom. The van der Waals surface area contributed by atoms with E-state index in [9.17, 15) is 13.2 Å². The average molecular weight is 319 g/mol. The van der Waals surface area contributed by atoms with Crippen molar-refractivity contribution in [1.82, 2.24) is 9.62 Å². The lowest BCUT2D eigenvalue weighted by Crippen LogP contribution is -2.50. The van der Waals surface area contributed by atoms with E-state index >= 15 is 0 Å². The van der Waals surface area contributed by atoms with Crippen molar-refractivity contribution >= 4 is 15.9 Å². The van der Waals surface area contributed by atoms with Gasteiger partial charge in [0, 0.05) is 19.1 Å². The maximum Gasteiger partial charge on any atom is 0.237 e. The van der Waals surface area contributed by atoms with Gasteiger partial charge in [-0.3, -0.25) is 4.79 Å². The summed E-state index contributed by atoms with van der Waals surface area (Å²) in [7, 11) is -3.16. The fourth-order valence-electron chi connectivity index (χ4n) is 2.56. The van der Waals surface area contributed by atoms with Crippen molar-refractivity contribution in [1.29, 1.82) is 0 Å². The van der Waals surface area contributed by atoms with Crippen LogP contribution in [0.1, 0.15) is 46.5 Å². The second kappa shape index (κ2) is 8.10. The summed E-state index contributed by atoms with van der Waals surface area (Å²) in [4.78, 5) is 11.9. The van der Waals surface area contributed by atoms with Crippen LogP contribution in [0.2, 0.25) is 0 Å². The van der Waals surface area contributed by atoms with E-state index in [1.54, 1.807) is 4.31 Å². The SMILES string of the molecule is CCCC(N)C(=O)NC1CCN(S(=O)(=O)CC(C)C)CC1. The molecule has 1 saturated heterocycles. The Morgan fingerprint density at radius 2 is 1.90 bits per heavy atom. The largest absolute Gasteiger partial charge is 0.352 e. The number of carbonyl (C=O) groups is 1. The Hall–Kier alpha value is -0.660. The molecule has 0 radical (unpaired) electrons. The van der Waals surface area contributed by atoms with Gasteiger partial charge >= 0.3 is 0 Å². The van der Waals surface area contributed by atoms with Crippen LogP contribution in [-0.2, 0) is 14.8 Å². The monoisotopic (exact) mass is 319 g/mol. The molecule has 0 aromatic rings. The molecule has 1 fully saturated rings. The second-order valence-corrected chi connectivity index (χ2v) is 8.26. The molecule has 0 aliphatic carbocycles. The van der Waals surface area contributed by atoms with Crippen molar-refractivity contribution in [2.75, 3.05) is 18.8 Å². The number of sulfonamides is 1. The predicted molar refractivity (Wildman–Crippen MR) is 84.2 cm³/mol. The van der Waals surface area contributed by atoms with E-state index in [1.165, 1.54) is 0 Å². The zero-order valence-corrected chi connectivity index (χ0v) is 14.2. The maximum atomic E-state index is 12.1. The molecule has 1 aliphatic rings. The lowest BCUT2D eigenvalue weighted by molar-refractivity contribution is -0.123. The number of rotatable bonds is 7. The molecular weight excluding hydrogens is 290 g/mol. The minimum absolute atomic E-state index is 0.0332. The predicted octanol–water partition coefficient (Wildman–Crippen LogP) is 0.680. The lowest BCUT2D eigenvalue weighted by Gasteiger charge is -2.32. The Morgan fingerprint density at radius 3 is 2.38 bits per heavy atom. The molecule has 1 heterocycles. The smallest absolute Gasteiger partial charge is 0.237 e. The van der Waals surface area contributed by atoms with Crippen LogP contribution >= 0.6 is 0 Å². The van der Waals surface area contributed by atoms with E-state index in [-0.39, 0.29) is 23.6 Å². The van der Waals surface area contributed by atoms with Gasteiger partial charge in [0.2, 0.25) is 15.9 Å². The molecule has 0 aromatic carbocycles. The minimum atomic E-state index is -3.16. The molecular formula is C14H29N3O3S. The van der Waals surface area contributed by atoms with Crippen LogP contribution in [0.4, 0.5) is 0 Å². The van der Waals surface area contributed by atoms with Crippen LogP contribution in [0.3, 0.4) is 0 Å². The molecule has 7 heteroatoms. The molecule has 1 unspecified atom stereocenters. The molecule has 1 rings (SSSR count). The van der Waals surface area contributed by atoms with Crippen molar-refractivity contribution in [3.05, 3.63) is 0 Å². The number of hydrogen-bond donors (Lipinski definition) is 2. The number of hydrogen-bond acceptors (Lipinski definition) is 4. The summed E-state index contributed by atoms with van der Waals surface area (Å²) in [6, 6.07) is -0.427. The topological polar surface area (TPSA) is 92.5 Å². The summed E-state index contributed by atoms with van der Waals surface area (Å²) in [6.45, 7) is 6.75. The molecule has 1 amide bonds. The quantitative estimate of drug-likeness (QED) is 0.722. The third-order valence-corrected chi connectivity index (χ3v) is 5.91. The van der Waals surface area contributed by atoms with Crippen molar-refractivity contribution in [2.45, 2.75) is 58.5 Å². The highest BCUT2D eigenvalue weighted by Crippen LogP contribution is 2.16. The number of amides is 1. The van der Waals surface area contributed by atoms with Crippen LogP contribution < -0.4 is 11.1 Å². The summed E-state index contributed by atoms with van der Waals surface area (Å²) >= 11 is 0. The first-order chi connectivity index (χ1) is 9.76. The van der Waals surface area contributed by atoms with Gasteiger partial charge in [-0.15, -0.1) is 0 Å². The van der Waals surface area contributed by atoms with Crippen LogP contribution in [-0.4, -0.2) is 49.6 Å². The first-order valence-electron chi connectivity index (χ1n) is 7.80. The highest BCUT2D eigenvalue weighted by atomic mass is 32.2. The van der Waals surface area contributed by atoms with Gasteiger partial charge in [-0.05, 0) is 25.2 Å². The summed E-state index contributed by atoms with van der Waals surface area (Å²) in [5, 5.41) is 2.93. The van der Waals surface area contributed by atoms with Crippen LogP contribution in [0.25, 0.3) is 0 Å². The maximum absolute atomic E-state index is 12.1. The molecule has 124 valence electrons. The average Bonchev–Trinajstić information content (AvgIpc) is 2.38. The standard InChI is InChI=1S/C14H29N3O3S/c1-4-5-13(15)14(18)16-12-6-8-17(9-7-12)21(19,20)10-11(2)3/h11-13H,4-10,15H2,1-3H3,(H,16,18). The van der Waals surface area contributed by atoms with Crippen molar-refractivity contribution in [3.63, 3.8) is 0 Å². The number of nitrogens with two attached hydrogens (primary N) is 1. The number of nitrogens with zero attached hydrogens (tertiary/aromatic N) is 1. The number of nitrogens with one attached hydrogen (secondary N) is 1. The van der Waals surface area contributed by atoms with Crippen molar-refractivity contribution < 1.29 is 13.2 Å². The molecule has 0 saturated carbocycles. The zero-order chi connectivity index (χ0) is 16.0. The van der Waals surface area contributed by atoms with Gasteiger partial charge in [-0.25, -0.2) is 12.7 Å². The van der Waals surface area contributed by atoms with E-state index in [4.69, 9.17) is 5.73 Å². The molecule has 1 aliphatic heterocycles. The van der Waals surface area contributed by atoms with Gasteiger partial charge < -0.3 is 11.1 Å². The van der Waals surface area contributed by atoms with E-state index in [0.29, 0.717) is 32.4 Å². The second-order valence-electron chi connectivity index (χ2n) is 6.25. The van der Waals surface area contributed by atoms with E-state index in [1.807, 2.05) is 20.8 Å². The number of carbonyl (C=O) groups excluding carboxylic acids is 1. The Kier molecular flexibility index (Phi) is 7.09. The van der Waals surface area contributed by atoms with Gasteiger partial charge in [0.1, 0.15) is 0 Å². The summed E-state index contributed by atoms with van der Waals surface area (Å²) in [5.74, 6) is 0.186. The summed E-state index contributed by atoms with van der Waals surface area (Å²) in [5.41, 5.74) is 5.78. The van der Waals surface area contributed by atoms with Crippen LogP contribution in [0.5, 0.6) is 0 Å². The highest BCUT2D eigenvalue weighted by molar-refractivity contribution is 7.89. The van der Waals surface area contributed by atoms with E-state index < -0.39 is 16.1 Å². The molecule has 21 heavy (non-hydrogen) atoms. The van der Waals surface area contributed by atoms with Gasteiger partial charge in [-0.2, -0.15) is 0 Å². The Bertz CT molecular complexity index is 429. The zero-order valence-electron chi connectivity index (χ0n) is 13.3. The minimum Gasteiger partial charge on any atom is -0.352 e. The fraction of sp³-hybridized carbons (Fsp3) is 0.929. The van der Waals surface area contributed by atoms with Gasteiger partial charge in [0.05, 0.1) is 11.8 Å². The van der Waals surface area contributed by atoms with Gasteiger partial charge in [0.15, 0.2) is 0 Å². The van der Waals surface area contributed by atoms with E-state index in [2.05, 4.69) is 5.32 Å².